The van der Waals surface area contributed by atoms with Crippen LogP contribution in [0.4, 0.5) is 34.1 Å². The number of fused-ring (bicyclic) bond motifs is 11. The van der Waals surface area contributed by atoms with Crippen LogP contribution in [0.15, 0.2) is 206 Å². The fraction of sp³-hybridized carbons (Fsp3) is 0.100. The zero-order chi connectivity index (χ0) is 41.7. The van der Waals surface area contributed by atoms with Gasteiger partial charge >= 0.3 is 0 Å². The molecule has 0 aromatic heterocycles. The van der Waals surface area contributed by atoms with Gasteiger partial charge in [0.25, 0.3) is 0 Å². The molecule has 0 fully saturated rings. The van der Waals surface area contributed by atoms with Crippen molar-refractivity contribution in [3.05, 3.63) is 229 Å². The van der Waals surface area contributed by atoms with Gasteiger partial charge in [0.1, 0.15) is 0 Å². The van der Waals surface area contributed by atoms with Crippen LogP contribution in [-0.2, 0) is 10.8 Å². The number of nitrogens with zero attached hydrogens (tertiary/aromatic N) is 2. The van der Waals surface area contributed by atoms with Crippen molar-refractivity contribution in [3.8, 4) is 22.3 Å². The lowest BCUT2D eigenvalue weighted by atomic mass is 9.82. The lowest BCUT2D eigenvalue weighted by Gasteiger charge is -2.30. The second-order valence-electron chi connectivity index (χ2n) is 18.1. The maximum Gasteiger partial charge on any atom is 0.0546 e. The monoisotopic (exact) mass is 794 g/mol. The summed E-state index contributed by atoms with van der Waals surface area (Å²) >= 11 is 0. The summed E-state index contributed by atoms with van der Waals surface area (Å²) in [5.74, 6) is 0. The Morgan fingerprint density at radius 3 is 1.24 bits per heavy atom. The molecule has 0 saturated carbocycles. The van der Waals surface area contributed by atoms with Crippen LogP contribution in [0.5, 0.6) is 0 Å². The van der Waals surface area contributed by atoms with Gasteiger partial charge in [0.2, 0.25) is 0 Å². The maximum absolute atomic E-state index is 2.48. The molecule has 0 N–H and O–H groups in total. The van der Waals surface area contributed by atoms with Gasteiger partial charge in [0.05, 0.1) is 11.4 Å². The number of hydrogen-bond donors (Lipinski definition) is 0. The number of benzene rings is 10. The molecule has 0 radical (unpaired) electrons. The molecule has 2 aliphatic rings. The van der Waals surface area contributed by atoms with E-state index in [4.69, 9.17) is 0 Å². The topological polar surface area (TPSA) is 6.48 Å². The summed E-state index contributed by atoms with van der Waals surface area (Å²) in [4.78, 5) is 4.93. The molecule has 2 heteroatoms. The Morgan fingerprint density at radius 1 is 0.258 bits per heavy atom. The molecule has 0 heterocycles. The van der Waals surface area contributed by atoms with E-state index in [1.54, 1.807) is 0 Å². The molecule has 0 bridgehead atoms. The van der Waals surface area contributed by atoms with Gasteiger partial charge in [0.15, 0.2) is 0 Å². The normalized spacial score (nSPS) is 14.1. The van der Waals surface area contributed by atoms with Crippen molar-refractivity contribution >= 4 is 66.4 Å². The molecular weight excluding hydrogens is 749 g/mol. The first-order chi connectivity index (χ1) is 30.3. The zero-order valence-electron chi connectivity index (χ0n) is 35.5. The SMILES string of the molecule is CC1(C)c2ccccc2-c2ccc(N(c3ccccc3)c3cc4c5cccc(N(c6ccccc6)c6ccc7c(c6)C(C)(C)c6ccccc6-7)c5ccc4c4ccccc34)cc21. The van der Waals surface area contributed by atoms with Crippen molar-refractivity contribution in [1.82, 2.24) is 0 Å². The van der Waals surface area contributed by atoms with Crippen LogP contribution in [0.3, 0.4) is 0 Å². The van der Waals surface area contributed by atoms with E-state index in [1.165, 1.54) is 76.8 Å². The summed E-state index contributed by atoms with van der Waals surface area (Å²) in [5.41, 5.74) is 17.4. The first-order valence-corrected chi connectivity index (χ1v) is 21.9. The predicted molar refractivity (Wildman–Crippen MR) is 263 cm³/mol. The minimum Gasteiger partial charge on any atom is -0.310 e. The van der Waals surface area contributed by atoms with Crippen LogP contribution in [0.25, 0.3) is 54.6 Å². The lowest BCUT2D eigenvalue weighted by molar-refractivity contribution is 0.660. The molecule has 2 aliphatic carbocycles. The Kier molecular flexibility index (Phi) is 7.96. The van der Waals surface area contributed by atoms with E-state index in [-0.39, 0.29) is 10.8 Å². The lowest BCUT2D eigenvalue weighted by Crippen LogP contribution is -2.16. The van der Waals surface area contributed by atoms with E-state index in [0.717, 1.165) is 34.1 Å². The molecule has 62 heavy (non-hydrogen) atoms. The van der Waals surface area contributed by atoms with Crippen molar-refractivity contribution in [2.45, 2.75) is 38.5 Å². The largest absolute Gasteiger partial charge is 0.310 e. The van der Waals surface area contributed by atoms with E-state index >= 15 is 0 Å². The minimum absolute atomic E-state index is 0.111. The molecule has 0 saturated heterocycles. The molecule has 0 amide bonds. The summed E-state index contributed by atoms with van der Waals surface area (Å²) in [7, 11) is 0. The van der Waals surface area contributed by atoms with Crippen LogP contribution in [0.2, 0.25) is 0 Å². The zero-order valence-corrected chi connectivity index (χ0v) is 35.5. The summed E-state index contributed by atoms with van der Waals surface area (Å²) < 4.78 is 0. The molecule has 10 aromatic carbocycles. The molecular formula is C60H46N2. The van der Waals surface area contributed by atoms with Crippen LogP contribution in [0, 0.1) is 0 Å². The second-order valence-corrected chi connectivity index (χ2v) is 18.1. The molecule has 0 unspecified atom stereocenters. The summed E-state index contributed by atoms with van der Waals surface area (Å²) in [6.45, 7) is 9.46. The van der Waals surface area contributed by atoms with E-state index in [2.05, 4.69) is 244 Å². The van der Waals surface area contributed by atoms with Gasteiger partial charge in [0, 0.05) is 44.4 Å². The van der Waals surface area contributed by atoms with Gasteiger partial charge in [-0.2, -0.15) is 0 Å². The highest BCUT2D eigenvalue weighted by molar-refractivity contribution is 6.23. The van der Waals surface area contributed by atoms with Crippen molar-refractivity contribution in [3.63, 3.8) is 0 Å². The third-order valence-electron chi connectivity index (χ3n) is 14.0. The second kappa shape index (κ2) is 13.5. The quantitative estimate of drug-likeness (QED) is 0.155. The average Bonchev–Trinajstić information content (AvgIpc) is 3.69. The summed E-state index contributed by atoms with van der Waals surface area (Å²) in [5, 5.41) is 7.36. The Hall–Kier alpha value is -7.42. The van der Waals surface area contributed by atoms with E-state index in [1.807, 2.05) is 0 Å². The predicted octanol–water partition coefficient (Wildman–Crippen LogP) is 16.7. The van der Waals surface area contributed by atoms with Gasteiger partial charge in [-0.05, 0) is 127 Å². The Balaban J connectivity index is 1.08. The standard InChI is InChI=1S/C60H46N2/c1-59(2)53-27-15-13-23-46(53)48-32-30-41(36-55(48)59)61(39-18-7-5-8-19-39)57-29-17-26-44-51(57)35-34-45-43-22-11-12-25-50(43)58(38-52(44)45)62(40-20-9-6-10-21-40)42-31-33-49-47-24-14-16-28-54(47)60(3,4)56(49)37-42/h5-38H,1-4H3. The summed E-state index contributed by atoms with van der Waals surface area (Å²) in [6.07, 6.45) is 0. The van der Waals surface area contributed by atoms with Gasteiger partial charge in [-0.1, -0.05) is 173 Å². The van der Waals surface area contributed by atoms with Crippen LogP contribution < -0.4 is 9.80 Å². The third kappa shape index (κ3) is 5.29. The first kappa shape index (κ1) is 36.4. The van der Waals surface area contributed by atoms with Gasteiger partial charge in [-0.15, -0.1) is 0 Å². The molecule has 0 aliphatic heterocycles. The van der Waals surface area contributed by atoms with Crippen molar-refractivity contribution in [2.75, 3.05) is 9.80 Å². The van der Waals surface area contributed by atoms with E-state index < -0.39 is 0 Å². The first-order valence-electron chi connectivity index (χ1n) is 21.9. The molecule has 12 rings (SSSR count). The Morgan fingerprint density at radius 2 is 0.661 bits per heavy atom. The number of hydrogen-bond acceptors (Lipinski definition) is 2. The van der Waals surface area contributed by atoms with Gasteiger partial charge in [-0.25, -0.2) is 0 Å². The van der Waals surface area contributed by atoms with Crippen molar-refractivity contribution in [2.24, 2.45) is 0 Å². The molecule has 2 nitrogen and oxygen atoms in total. The number of anilines is 6. The highest BCUT2D eigenvalue weighted by Crippen LogP contribution is 2.53. The maximum atomic E-state index is 2.48. The molecule has 0 atom stereocenters. The highest BCUT2D eigenvalue weighted by atomic mass is 15.1. The Labute approximate surface area is 364 Å². The van der Waals surface area contributed by atoms with Crippen LogP contribution in [-0.4, -0.2) is 0 Å². The number of para-hydroxylation sites is 2. The molecule has 0 spiro atoms. The molecule has 296 valence electrons. The van der Waals surface area contributed by atoms with Crippen LogP contribution in [0.1, 0.15) is 49.9 Å². The average molecular weight is 795 g/mol. The highest BCUT2D eigenvalue weighted by Gasteiger charge is 2.37. The van der Waals surface area contributed by atoms with Crippen molar-refractivity contribution < 1.29 is 0 Å². The minimum atomic E-state index is -0.120. The van der Waals surface area contributed by atoms with E-state index in [0.29, 0.717) is 0 Å². The van der Waals surface area contributed by atoms with Gasteiger partial charge < -0.3 is 9.80 Å². The number of rotatable bonds is 6. The van der Waals surface area contributed by atoms with Gasteiger partial charge in [-0.3, -0.25) is 0 Å². The Bertz CT molecular complexity index is 3410. The third-order valence-corrected chi connectivity index (χ3v) is 14.0. The van der Waals surface area contributed by atoms with Crippen molar-refractivity contribution in [1.29, 1.82) is 0 Å². The fourth-order valence-electron chi connectivity index (χ4n) is 11.0. The fourth-order valence-corrected chi connectivity index (χ4v) is 11.0. The molecule has 10 aromatic rings. The van der Waals surface area contributed by atoms with E-state index in [9.17, 15) is 0 Å². The summed E-state index contributed by atoms with van der Waals surface area (Å²) in [6, 6.07) is 76.6. The smallest absolute Gasteiger partial charge is 0.0546 e. The van der Waals surface area contributed by atoms with Crippen LogP contribution >= 0.6 is 0 Å².